The molecule has 7 radical (unpaired) electrons. The number of carbonyl (C=O) groups excluding carboxylic acids is 1. The van der Waals surface area contributed by atoms with Crippen LogP contribution in [0.2, 0.25) is 0 Å². The zero-order chi connectivity index (χ0) is 16.3. The maximum Gasteiger partial charge on any atom is 0.309 e. The molecule has 24 heavy (non-hydrogen) atoms. The summed E-state index contributed by atoms with van der Waals surface area (Å²) < 4.78 is 4.68. The van der Waals surface area contributed by atoms with E-state index in [1.54, 1.807) is 0 Å². The monoisotopic (exact) mass is 427 g/mol. The van der Waals surface area contributed by atoms with Gasteiger partial charge in [-0.3, -0.25) is 4.79 Å². The maximum absolute atomic E-state index is 11.1. The van der Waals surface area contributed by atoms with Gasteiger partial charge in [0.1, 0.15) is 0 Å². The molecule has 123 valence electrons. The number of methoxy groups -OCH3 is 1. The van der Waals surface area contributed by atoms with Gasteiger partial charge in [-0.15, -0.1) is 0 Å². The minimum atomic E-state index is -0.0816. The molecule has 0 heterocycles. The molecule has 2 aliphatic rings. The molecule has 1 fully saturated rings. The Morgan fingerprint density at radius 1 is 0.958 bits per heavy atom. The number of carbonyl (C=O) groups is 1. The second kappa shape index (κ2) is 11.9. The average molecular weight is 426 g/mol. The van der Waals surface area contributed by atoms with E-state index in [9.17, 15) is 4.79 Å². The van der Waals surface area contributed by atoms with Crippen LogP contribution >= 0.6 is 0 Å². The second-order valence-corrected chi connectivity index (χ2v) is 5.34. The molecule has 0 amide bonds. The van der Waals surface area contributed by atoms with Crippen LogP contribution in [0, 0.1) is 36.3 Å². The smallest absolute Gasteiger partial charge is 0.309 e. The summed E-state index contributed by atoms with van der Waals surface area (Å²) >= 11 is 0. The fourth-order valence-corrected chi connectivity index (χ4v) is 2.65. The molecular formula is C21H23O2Sn. The molecule has 2 aromatic carbocycles. The molecule has 3 heteroatoms. The largest absolute Gasteiger partial charge is 0.469 e. The summed E-state index contributed by atoms with van der Waals surface area (Å²) in [6, 6.07) is 25.0. The van der Waals surface area contributed by atoms with E-state index in [2.05, 4.69) is 35.4 Å². The molecule has 0 spiro atoms. The first-order valence-corrected chi connectivity index (χ1v) is 7.74. The molecule has 2 aliphatic carbocycles. The predicted octanol–water partition coefficient (Wildman–Crippen LogP) is 4.02. The molecule has 0 aromatic heterocycles. The van der Waals surface area contributed by atoms with E-state index in [0.717, 1.165) is 6.42 Å². The van der Waals surface area contributed by atoms with Gasteiger partial charge in [-0.2, -0.15) is 0 Å². The van der Waals surface area contributed by atoms with Crippen molar-refractivity contribution in [3.8, 4) is 0 Å². The standard InChI is InChI=1S/C9H11O2.2C6H5.Sn.H2/c1-11-9(10)8-5-6-2-3-7(8)4-6;2*1-2-4-6-5-3-1;;/h2-3,5-8H,4H2,1H3;2*1-5H;;1H/t6-,7+,8+;;;;/m1..../s1. The number of allylic oxidation sites excluding steroid dienone is 2. The van der Waals surface area contributed by atoms with Gasteiger partial charge < -0.3 is 4.74 Å². The van der Waals surface area contributed by atoms with Gasteiger partial charge in [0.05, 0.1) is 13.0 Å². The Bertz CT molecular complexity index is 504. The molecule has 0 unspecified atom stereocenters. The average Bonchev–Trinajstić information content (AvgIpc) is 3.28. The van der Waals surface area contributed by atoms with Crippen LogP contribution in [0.3, 0.4) is 0 Å². The Balaban J connectivity index is 0.000000357. The zero-order valence-electron chi connectivity index (χ0n) is 13.8. The van der Waals surface area contributed by atoms with Crippen LogP contribution in [0.15, 0.2) is 72.8 Å². The van der Waals surface area contributed by atoms with Crippen LogP contribution in [0.5, 0.6) is 0 Å². The van der Waals surface area contributed by atoms with Crippen LogP contribution in [0.1, 0.15) is 7.85 Å². The van der Waals surface area contributed by atoms with E-state index < -0.39 is 0 Å². The summed E-state index contributed by atoms with van der Waals surface area (Å²) in [5.41, 5.74) is 0. The first kappa shape index (κ1) is 20.5. The maximum atomic E-state index is 11.1. The molecule has 3 atom stereocenters. The molecule has 0 N–H and O–H groups in total. The summed E-state index contributed by atoms with van der Waals surface area (Å²) in [5, 5.41) is 0. The van der Waals surface area contributed by atoms with Crippen molar-refractivity contribution in [1.82, 2.24) is 0 Å². The minimum Gasteiger partial charge on any atom is -0.469 e. The Morgan fingerprint density at radius 2 is 1.50 bits per heavy atom. The van der Waals surface area contributed by atoms with Gasteiger partial charge in [-0.05, 0) is 36.8 Å². The molecule has 4 rings (SSSR count). The van der Waals surface area contributed by atoms with Crippen LogP contribution in [-0.2, 0) is 9.53 Å². The van der Waals surface area contributed by atoms with Gasteiger partial charge in [0.25, 0.3) is 0 Å². The van der Waals surface area contributed by atoms with Crippen molar-refractivity contribution in [2.24, 2.45) is 17.8 Å². The Morgan fingerprint density at radius 3 is 1.75 bits per heavy atom. The van der Waals surface area contributed by atoms with E-state index in [0.29, 0.717) is 11.8 Å². The Hall–Kier alpha value is -1.55. The van der Waals surface area contributed by atoms with Gasteiger partial charge >= 0.3 is 5.97 Å². The van der Waals surface area contributed by atoms with Crippen LogP contribution in [0.25, 0.3) is 0 Å². The van der Waals surface area contributed by atoms with E-state index in [-0.39, 0.29) is 37.2 Å². The van der Waals surface area contributed by atoms with Crippen molar-refractivity contribution in [1.29, 1.82) is 0 Å². The number of rotatable bonds is 1. The fraction of sp³-hybridized carbons (Fsp3) is 0.238. The molecule has 2 aromatic rings. The Labute approximate surface area is 163 Å². The van der Waals surface area contributed by atoms with E-state index in [1.165, 1.54) is 7.11 Å². The van der Waals surface area contributed by atoms with E-state index in [1.807, 2.05) is 60.7 Å². The van der Waals surface area contributed by atoms with Crippen LogP contribution in [0.4, 0.5) is 0 Å². The van der Waals surface area contributed by atoms with E-state index in [4.69, 9.17) is 0 Å². The summed E-state index contributed by atoms with van der Waals surface area (Å²) in [6.45, 7) is 0. The normalized spacial score (nSPS) is 22.1. The minimum absolute atomic E-state index is 0. The summed E-state index contributed by atoms with van der Waals surface area (Å²) in [4.78, 5) is 11.1. The predicted molar refractivity (Wildman–Crippen MR) is 99.0 cm³/mol. The third-order valence-corrected chi connectivity index (χ3v) is 3.75. The third kappa shape index (κ3) is 6.91. The molecular weight excluding hydrogens is 403 g/mol. The number of hydrogen-bond acceptors (Lipinski definition) is 2. The van der Waals surface area contributed by atoms with Crippen molar-refractivity contribution < 1.29 is 11.0 Å². The Kier molecular flexibility index (Phi) is 10.2. The number of esters is 1. The summed E-state index contributed by atoms with van der Waals surface area (Å²) in [7, 11) is 1.45. The van der Waals surface area contributed by atoms with Crippen molar-refractivity contribution in [2.45, 2.75) is 6.42 Å². The zero-order valence-corrected chi connectivity index (χ0v) is 16.6. The number of benzene rings is 2. The fourth-order valence-electron chi connectivity index (χ4n) is 2.65. The van der Waals surface area contributed by atoms with E-state index >= 15 is 0 Å². The third-order valence-electron chi connectivity index (χ3n) is 3.75. The van der Waals surface area contributed by atoms with Gasteiger partial charge in [-0.25, -0.2) is 0 Å². The number of hydrogen-bond donors (Lipinski definition) is 0. The SMILES string of the molecule is COC(=O)[C@H]1[CH][C@@H]2C=C[C@H]1C2.[HH].[Sn].[c]1ccccc1.[c]1ccccc1. The van der Waals surface area contributed by atoms with Crippen molar-refractivity contribution in [3.63, 3.8) is 0 Å². The molecule has 2 nitrogen and oxygen atoms in total. The van der Waals surface area contributed by atoms with Crippen molar-refractivity contribution >= 4 is 29.9 Å². The second-order valence-electron chi connectivity index (χ2n) is 5.34. The number of fused-ring (bicyclic) bond motifs is 2. The molecule has 0 aliphatic heterocycles. The molecule has 1 saturated carbocycles. The van der Waals surface area contributed by atoms with Gasteiger partial charge in [0.15, 0.2) is 0 Å². The van der Waals surface area contributed by atoms with Crippen molar-refractivity contribution in [3.05, 3.63) is 91.4 Å². The van der Waals surface area contributed by atoms with Crippen molar-refractivity contribution in [2.75, 3.05) is 7.11 Å². The molecule has 2 bridgehead atoms. The topological polar surface area (TPSA) is 26.3 Å². The quantitative estimate of drug-likeness (QED) is 0.391. The summed E-state index contributed by atoms with van der Waals surface area (Å²) in [5.74, 6) is 0.911. The number of ether oxygens (including phenoxy) is 1. The van der Waals surface area contributed by atoms with Gasteiger partial charge in [0.2, 0.25) is 0 Å². The first-order valence-electron chi connectivity index (χ1n) is 7.74. The van der Waals surface area contributed by atoms with Gasteiger partial charge in [0, 0.05) is 25.3 Å². The van der Waals surface area contributed by atoms with Crippen LogP contribution < -0.4 is 0 Å². The van der Waals surface area contributed by atoms with Crippen LogP contribution in [-0.4, -0.2) is 37.0 Å². The summed E-state index contributed by atoms with van der Waals surface area (Å²) in [6.07, 6.45) is 7.51. The van der Waals surface area contributed by atoms with Gasteiger partial charge in [-0.1, -0.05) is 72.8 Å². The molecule has 0 saturated heterocycles. The first-order chi connectivity index (χ1) is 11.3.